The first-order chi connectivity index (χ1) is 6.56. The zero-order chi connectivity index (χ0) is 11.0. The fourth-order valence-corrected chi connectivity index (χ4v) is 1.34. The summed E-state index contributed by atoms with van der Waals surface area (Å²) in [6.07, 6.45) is 2.12. The number of carbonyl (C=O) groups excluding carboxylic acids is 1. The van der Waals surface area contributed by atoms with Gasteiger partial charge in [-0.25, -0.2) is 0 Å². The summed E-state index contributed by atoms with van der Waals surface area (Å²) in [5.41, 5.74) is 0. The van der Waals surface area contributed by atoms with Crippen LogP contribution in [0.1, 0.15) is 26.7 Å². The Morgan fingerprint density at radius 3 is 2.64 bits per heavy atom. The van der Waals surface area contributed by atoms with Crippen LogP contribution in [0.5, 0.6) is 0 Å². The molecule has 0 saturated heterocycles. The third kappa shape index (κ3) is 8.26. The van der Waals surface area contributed by atoms with Gasteiger partial charge < -0.3 is 10.6 Å². The first-order valence-electron chi connectivity index (χ1n) is 4.89. The predicted octanol–water partition coefficient (Wildman–Crippen LogP) is 1.79. The highest BCUT2D eigenvalue weighted by molar-refractivity contribution is 9.11. The maximum atomic E-state index is 11.3. The number of halogens is 1. The first kappa shape index (κ1) is 13.7. The molecule has 4 heteroatoms. The lowest BCUT2D eigenvalue weighted by Crippen LogP contribution is -2.39. The van der Waals surface area contributed by atoms with Crippen molar-refractivity contribution in [2.75, 3.05) is 13.1 Å². The lowest BCUT2D eigenvalue weighted by atomic mass is 10.2. The van der Waals surface area contributed by atoms with E-state index >= 15 is 0 Å². The highest BCUT2D eigenvalue weighted by Gasteiger charge is 2.05. The molecule has 1 amide bonds. The molecule has 1 unspecified atom stereocenters. The monoisotopic (exact) mass is 262 g/mol. The number of carbonyl (C=O) groups is 1. The van der Waals surface area contributed by atoms with E-state index in [0.717, 1.165) is 17.3 Å². The van der Waals surface area contributed by atoms with Gasteiger partial charge in [0.2, 0.25) is 5.91 Å². The molecule has 14 heavy (non-hydrogen) atoms. The molecule has 0 fully saturated rings. The zero-order valence-electron chi connectivity index (χ0n) is 8.90. The van der Waals surface area contributed by atoms with Crippen molar-refractivity contribution < 1.29 is 4.79 Å². The molecule has 3 nitrogen and oxygen atoms in total. The number of amides is 1. The summed E-state index contributed by atoms with van der Waals surface area (Å²) < 4.78 is 0.854. The van der Waals surface area contributed by atoms with E-state index < -0.39 is 0 Å². The van der Waals surface area contributed by atoms with E-state index in [0.29, 0.717) is 13.1 Å². The smallest absolute Gasteiger partial charge is 0.234 e. The molecule has 82 valence electrons. The van der Waals surface area contributed by atoms with Crippen molar-refractivity contribution in [1.82, 2.24) is 10.6 Å². The van der Waals surface area contributed by atoms with Crippen molar-refractivity contribution in [2.24, 2.45) is 0 Å². The van der Waals surface area contributed by atoms with Crippen LogP contribution in [0.4, 0.5) is 0 Å². The minimum atomic E-state index is 0.0414. The van der Waals surface area contributed by atoms with Gasteiger partial charge in [-0.3, -0.25) is 4.79 Å². The van der Waals surface area contributed by atoms with Gasteiger partial charge in [0.15, 0.2) is 0 Å². The highest BCUT2D eigenvalue weighted by Crippen LogP contribution is 1.96. The topological polar surface area (TPSA) is 41.1 Å². The molecule has 0 aliphatic rings. The molecule has 0 bridgehead atoms. The summed E-state index contributed by atoms with van der Waals surface area (Å²) in [7, 11) is 0. The van der Waals surface area contributed by atoms with Crippen LogP contribution in [0, 0.1) is 0 Å². The molecule has 0 saturated carbocycles. The summed E-state index contributed by atoms with van der Waals surface area (Å²) in [4.78, 5) is 11.3. The molecule has 0 radical (unpaired) electrons. The van der Waals surface area contributed by atoms with Crippen LogP contribution in [0.15, 0.2) is 11.1 Å². The van der Waals surface area contributed by atoms with Gasteiger partial charge in [0, 0.05) is 17.1 Å². The maximum absolute atomic E-state index is 11.3. The Labute approximate surface area is 94.5 Å². The van der Waals surface area contributed by atoms with Crippen molar-refractivity contribution in [1.29, 1.82) is 0 Å². The van der Waals surface area contributed by atoms with Crippen LogP contribution in [-0.4, -0.2) is 25.0 Å². The third-order valence-corrected chi connectivity index (χ3v) is 2.01. The second-order valence-corrected chi connectivity index (χ2v) is 4.50. The van der Waals surface area contributed by atoms with Crippen molar-refractivity contribution in [3.05, 3.63) is 11.1 Å². The highest BCUT2D eigenvalue weighted by atomic mass is 79.9. The normalized spacial score (nSPS) is 12.2. The molecule has 0 spiro atoms. The second kappa shape index (κ2) is 8.00. The lowest BCUT2D eigenvalue weighted by molar-refractivity contribution is -0.120. The molecule has 2 N–H and O–H groups in total. The van der Waals surface area contributed by atoms with Gasteiger partial charge in [-0.2, -0.15) is 0 Å². The summed E-state index contributed by atoms with van der Waals surface area (Å²) in [5.74, 6) is 0.0414. The summed E-state index contributed by atoms with van der Waals surface area (Å²) in [5, 5.41) is 5.88. The van der Waals surface area contributed by atoms with Crippen LogP contribution in [-0.2, 0) is 4.79 Å². The van der Waals surface area contributed by atoms with Gasteiger partial charge in [-0.05, 0) is 13.3 Å². The van der Waals surface area contributed by atoms with Crippen LogP contribution in [0.3, 0.4) is 0 Å². The van der Waals surface area contributed by atoms with Crippen LogP contribution < -0.4 is 10.6 Å². The minimum Gasteiger partial charge on any atom is -0.353 e. The Kier molecular flexibility index (Phi) is 7.80. The van der Waals surface area contributed by atoms with E-state index in [1.807, 2.05) is 6.92 Å². The van der Waals surface area contributed by atoms with Crippen LogP contribution in [0.2, 0.25) is 0 Å². The van der Waals surface area contributed by atoms with E-state index in [4.69, 9.17) is 0 Å². The first-order valence-corrected chi connectivity index (χ1v) is 5.69. The Balaban J connectivity index is 3.50. The Morgan fingerprint density at radius 1 is 1.50 bits per heavy atom. The second-order valence-electron chi connectivity index (χ2n) is 3.38. The predicted molar refractivity (Wildman–Crippen MR) is 63.4 cm³/mol. The van der Waals surface area contributed by atoms with Gasteiger partial charge in [-0.15, -0.1) is 0 Å². The molecule has 0 aromatic rings. The van der Waals surface area contributed by atoms with Gasteiger partial charge >= 0.3 is 0 Å². The molecule has 0 aromatic heterocycles. The van der Waals surface area contributed by atoms with Crippen molar-refractivity contribution in [3.8, 4) is 0 Å². The lowest BCUT2D eigenvalue weighted by Gasteiger charge is -2.12. The average Bonchev–Trinajstić information content (AvgIpc) is 2.03. The van der Waals surface area contributed by atoms with E-state index in [-0.39, 0.29) is 11.9 Å². The van der Waals surface area contributed by atoms with Gasteiger partial charge in [0.25, 0.3) is 0 Å². The Bertz CT molecular complexity index is 195. The molecule has 0 aliphatic heterocycles. The van der Waals surface area contributed by atoms with Gasteiger partial charge in [-0.1, -0.05) is 35.9 Å². The molecule has 0 aliphatic carbocycles. The van der Waals surface area contributed by atoms with Gasteiger partial charge in [0.05, 0.1) is 6.54 Å². The van der Waals surface area contributed by atoms with Crippen molar-refractivity contribution >= 4 is 21.8 Å². The number of hydrogen-bond donors (Lipinski definition) is 2. The van der Waals surface area contributed by atoms with E-state index in [2.05, 4.69) is 40.1 Å². The molecular formula is C10H19BrN2O. The quantitative estimate of drug-likeness (QED) is 0.735. The van der Waals surface area contributed by atoms with Crippen LogP contribution >= 0.6 is 15.9 Å². The Hall–Kier alpha value is -0.350. The third-order valence-electron chi connectivity index (χ3n) is 1.73. The summed E-state index contributed by atoms with van der Waals surface area (Å²) in [6, 6.07) is 0.265. The number of nitrogens with one attached hydrogen (secondary N) is 2. The number of rotatable bonds is 7. The van der Waals surface area contributed by atoms with E-state index in [1.165, 1.54) is 0 Å². The maximum Gasteiger partial charge on any atom is 0.234 e. The zero-order valence-corrected chi connectivity index (χ0v) is 10.5. The van der Waals surface area contributed by atoms with E-state index in [9.17, 15) is 4.79 Å². The minimum absolute atomic E-state index is 0.0414. The molecule has 0 heterocycles. The standard InChI is InChI=1S/C10H19BrN2O/c1-4-5-9(3)13-10(14)7-12-6-8(2)11/h9,12H,2,4-7H2,1,3H3,(H,13,14). The van der Waals surface area contributed by atoms with E-state index in [1.54, 1.807) is 0 Å². The largest absolute Gasteiger partial charge is 0.353 e. The van der Waals surface area contributed by atoms with Crippen molar-refractivity contribution in [3.63, 3.8) is 0 Å². The molecule has 0 rings (SSSR count). The van der Waals surface area contributed by atoms with Crippen molar-refractivity contribution in [2.45, 2.75) is 32.7 Å². The fourth-order valence-electron chi connectivity index (χ4n) is 1.14. The molecule has 0 aromatic carbocycles. The SMILES string of the molecule is C=C(Br)CNCC(=O)NC(C)CCC. The van der Waals surface area contributed by atoms with Gasteiger partial charge in [0.1, 0.15) is 0 Å². The molecular weight excluding hydrogens is 244 g/mol. The van der Waals surface area contributed by atoms with Crippen LogP contribution in [0.25, 0.3) is 0 Å². The summed E-state index contributed by atoms with van der Waals surface area (Å²) in [6.45, 7) is 8.76. The summed E-state index contributed by atoms with van der Waals surface area (Å²) >= 11 is 3.21. The number of hydrogen-bond acceptors (Lipinski definition) is 2. The molecule has 1 atom stereocenters. The average molecular weight is 263 g/mol. The fraction of sp³-hybridized carbons (Fsp3) is 0.700. The Morgan fingerprint density at radius 2 is 2.14 bits per heavy atom.